The lowest BCUT2D eigenvalue weighted by Crippen LogP contribution is -2.41. The number of aryl methyl sites for hydroxylation is 2. The van der Waals surface area contributed by atoms with Gasteiger partial charge in [0.2, 0.25) is 0 Å². The van der Waals surface area contributed by atoms with Crippen molar-refractivity contribution in [1.29, 1.82) is 0 Å². The third-order valence-corrected chi connectivity index (χ3v) is 8.13. The van der Waals surface area contributed by atoms with Crippen LogP contribution in [-0.2, 0) is 11.2 Å². The zero-order chi connectivity index (χ0) is 26.9. The Morgan fingerprint density at radius 3 is 2.79 bits per heavy atom. The van der Waals surface area contributed by atoms with Gasteiger partial charge in [0.05, 0.1) is 18.7 Å². The average Bonchev–Trinajstić information content (AvgIpc) is 2.92. The van der Waals surface area contributed by atoms with Crippen LogP contribution in [0.1, 0.15) is 67.7 Å². The van der Waals surface area contributed by atoms with Gasteiger partial charge in [-0.2, -0.15) is 0 Å². The zero-order valence-corrected chi connectivity index (χ0v) is 22.8. The van der Waals surface area contributed by atoms with E-state index < -0.39 is 12.1 Å². The Labute approximate surface area is 226 Å². The van der Waals surface area contributed by atoms with Gasteiger partial charge >= 0.3 is 5.97 Å². The summed E-state index contributed by atoms with van der Waals surface area (Å²) >= 11 is 0. The molecule has 1 saturated heterocycles. The third kappa shape index (κ3) is 7.78. The molecule has 6 heteroatoms. The van der Waals surface area contributed by atoms with Gasteiger partial charge in [-0.1, -0.05) is 29.8 Å². The quantitative estimate of drug-likeness (QED) is 0.263. The molecule has 3 aromatic rings. The summed E-state index contributed by atoms with van der Waals surface area (Å²) in [6.07, 6.45) is 8.09. The molecule has 0 unspecified atom stereocenters. The van der Waals surface area contributed by atoms with Gasteiger partial charge < -0.3 is 19.8 Å². The Morgan fingerprint density at radius 1 is 1.13 bits per heavy atom. The van der Waals surface area contributed by atoms with E-state index in [-0.39, 0.29) is 6.42 Å². The molecule has 3 atom stereocenters. The highest BCUT2D eigenvalue weighted by atomic mass is 16.5. The van der Waals surface area contributed by atoms with E-state index in [9.17, 15) is 15.0 Å². The summed E-state index contributed by atoms with van der Waals surface area (Å²) in [5.74, 6) is 0.795. The summed E-state index contributed by atoms with van der Waals surface area (Å²) in [6.45, 7) is 5.20. The lowest BCUT2D eigenvalue weighted by atomic mass is 9.79. The van der Waals surface area contributed by atoms with Gasteiger partial charge in [0, 0.05) is 24.5 Å². The highest BCUT2D eigenvalue weighted by molar-refractivity contribution is 5.83. The number of rotatable bonds is 13. The molecule has 0 bridgehead atoms. The first-order valence-electron chi connectivity index (χ1n) is 14.0. The minimum atomic E-state index is -0.726. The van der Waals surface area contributed by atoms with Gasteiger partial charge in [0.25, 0.3) is 0 Å². The van der Waals surface area contributed by atoms with Gasteiger partial charge in [-0.05, 0) is 112 Å². The predicted octanol–water partition coefficient (Wildman–Crippen LogP) is 6.19. The Kier molecular flexibility index (Phi) is 10.1. The number of carbonyl (C=O) groups is 1. The number of carboxylic acids is 1. The molecule has 0 saturated carbocycles. The van der Waals surface area contributed by atoms with Crippen molar-refractivity contribution in [3.63, 3.8) is 0 Å². The van der Waals surface area contributed by atoms with E-state index in [1.54, 1.807) is 13.3 Å². The molecule has 2 aromatic carbocycles. The third-order valence-electron chi connectivity index (χ3n) is 8.13. The van der Waals surface area contributed by atoms with Crippen LogP contribution in [0.4, 0.5) is 0 Å². The molecular weight excluding hydrogens is 476 g/mol. The van der Waals surface area contributed by atoms with Crippen LogP contribution in [0, 0.1) is 18.8 Å². The molecular formula is C32H42N2O4. The topological polar surface area (TPSA) is 82.9 Å². The lowest BCUT2D eigenvalue weighted by Gasteiger charge is -2.39. The van der Waals surface area contributed by atoms with Crippen molar-refractivity contribution in [2.24, 2.45) is 11.8 Å². The number of nitrogens with zero attached hydrogens (tertiary/aromatic N) is 2. The van der Waals surface area contributed by atoms with Gasteiger partial charge in [-0.25, -0.2) is 0 Å². The molecule has 1 fully saturated rings. The molecule has 4 rings (SSSR count). The molecule has 1 aromatic heterocycles. The summed E-state index contributed by atoms with van der Waals surface area (Å²) in [7, 11) is 1.64. The van der Waals surface area contributed by atoms with E-state index in [4.69, 9.17) is 4.74 Å². The number of piperidine rings is 1. The van der Waals surface area contributed by atoms with Gasteiger partial charge in [-0.3, -0.25) is 9.78 Å². The molecule has 0 aliphatic carbocycles. The molecule has 0 amide bonds. The maximum absolute atomic E-state index is 11.4. The normalized spacial score (nSPS) is 18.9. The second kappa shape index (κ2) is 13.7. The average molecular weight is 519 g/mol. The number of carboxylic acid groups (broad SMARTS) is 1. The number of benzene rings is 2. The number of hydrogen-bond donors (Lipinski definition) is 2. The Bertz CT molecular complexity index is 1200. The molecule has 0 radical (unpaired) electrons. The molecule has 1 aliphatic rings. The zero-order valence-electron chi connectivity index (χ0n) is 22.8. The molecule has 38 heavy (non-hydrogen) atoms. The van der Waals surface area contributed by atoms with Crippen molar-refractivity contribution in [1.82, 2.24) is 9.88 Å². The van der Waals surface area contributed by atoms with Gasteiger partial charge in [0.1, 0.15) is 5.75 Å². The number of likely N-dealkylation sites (tertiary alicyclic amines) is 1. The Morgan fingerprint density at radius 2 is 2.00 bits per heavy atom. The van der Waals surface area contributed by atoms with Crippen LogP contribution in [0.5, 0.6) is 5.75 Å². The molecule has 2 N–H and O–H groups in total. The number of unbranched alkanes of at least 4 members (excludes halogenated alkanes) is 1. The van der Waals surface area contributed by atoms with Crippen molar-refractivity contribution in [2.75, 3.05) is 26.7 Å². The van der Waals surface area contributed by atoms with Crippen LogP contribution < -0.4 is 4.74 Å². The number of pyridine rings is 1. The fourth-order valence-electron chi connectivity index (χ4n) is 6.00. The maximum Gasteiger partial charge on any atom is 0.303 e. The highest BCUT2D eigenvalue weighted by Gasteiger charge is 2.30. The van der Waals surface area contributed by atoms with E-state index >= 15 is 0 Å². The summed E-state index contributed by atoms with van der Waals surface area (Å²) in [5.41, 5.74) is 4.44. The number of fused-ring (bicyclic) bond motifs is 1. The highest BCUT2D eigenvalue weighted by Crippen LogP contribution is 2.35. The largest absolute Gasteiger partial charge is 0.497 e. The number of aliphatic hydroxyl groups is 1. The van der Waals surface area contributed by atoms with Crippen molar-refractivity contribution in [3.05, 3.63) is 71.4 Å². The number of ether oxygens (including phenoxy) is 1. The van der Waals surface area contributed by atoms with Crippen LogP contribution in [0.15, 0.2) is 54.7 Å². The van der Waals surface area contributed by atoms with Crippen molar-refractivity contribution < 1.29 is 19.7 Å². The lowest BCUT2D eigenvalue weighted by molar-refractivity contribution is -0.137. The minimum absolute atomic E-state index is 0.208. The Hall–Kier alpha value is -2.96. The summed E-state index contributed by atoms with van der Waals surface area (Å²) in [4.78, 5) is 18.3. The van der Waals surface area contributed by atoms with Crippen molar-refractivity contribution in [3.8, 4) is 5.75 Å². The van der Waals surface area contributed by atoms with Crippen LogP contribution in [0.25, 0.3) is 10.9 Å². The first-order chi connectivity index (χ1) is 18.4. The summed E-state index contributed by atoms with van der Waals surface area (Å²) < 4.78 is 5.38. The number of aromatic nitrogens is 1. The minimum Gasteiger partial charge on any atom is -0.497 e. The molecule has 0 spiro atoms. The van der Waals surface area contributed by atoms with E-state index in [0.29, 0.717) is 24.7 Å². The SMILES string of the molecule is COc1ccc2nccc([C@H](O)CC[C@@H]3CCN(CCCCc4cccc(C)c4)C[C@H]3CCC(=O)O)c2c1. The second-order valence-electron chi connectivity index (χ2n) is 10.9. The van der Waals surface area contributed by atoms with Crippen molar-refractivity contribution >= 4 is 16.9 Å². The predicted molar refractivity (Wildman–Crippen MR) is 152 cm³/mol. The van der Waals surface area contributed by atoms with Crippen molar-refractivity contribution in [2.45, 2.75) is 64.4 Å². The second-order valence-corrected chi connectivity index (χ2v) is 10.9. The van der Waals surface area contributed by atoms with Gasteiger partial charge in [0.15, 0.2) is 0 Å². The smallest absolute Gasteiger partial charge is 0.303 e. The van der Waals surface area contributed by atoms with E-state index in [1.807, 2.05) is 24.3 Å². The standard InChI is InChI=1S/C32H42N2O4/c1-23-6-5-8-24(20-23)7-3-4-18-34-19-16-25(26(22-34)10-14-32(36)37)9-13-31(35)28-15-17-33-30-12-11-27(38-2)21-29(28)30/h5-6,8,11-12,15,17,20-21,25-26,31,35H,3-4,7,9-10,13-14,16,18-19,22H2,1-2H3,(H,36,37)/t25-,26-,31-/m1/s1. The van der Waals surface area contributed by atoms with E-state index in [1.165, 1.54) is 17.5 Å². The number of hydrogen-bond acceptors (Lipinski definition) is 5. The first kappa shape index (κ1) is 28.1. The molecule has 1 aliphatic heterocycles. The number of aliphatic carboxylic acids is 1. The van der Waals surface area contributed by atoms with E-state index in [2.05, 4.69) is 41.1 Å². The first-order valence-corrected chi connectivity index (χ1v) is 14.0. The fraction of sp³-hybridized carbons (Fsp3) is 0.500. The molecule has 2 heterocycles. The Balaban J connectivity index is 1.32. The van der Waals surface area contributed by atoms with Crippen LogP contribution in [-0.4, -0.2) is 52.8 Å². The fourth-order valence-corrected chi connectivity index (χ4v) is 6.00. The van der Waals surface area contributed by atoms with Crippen LogP contribution >= 0.6 is 0 Å². The summed E-state index contributed by atoms with van der Waals surface area (Å²) in [5, 5.41) is 21.4. The van der Waals surface area contributed by atoms with Crippen LogP contribution in [0.2, 0.25) is 0 Å². The van der Waals surface area contributed by atoms with Gasteiger partial charge in [-0.15, -0.1) is 0 Å². The number of methoxy groups -OCH3 is 1. The molecule has 6 nitrogen and oxygen atoms in total. The number of aliphatic hydroxyl groups excluding tert-OH is 1. The monoisotopic (exact) mass is 518 g/mol. The molecule has 204 valence electrons. The van der Waals surface area contributed by atoms with E-state index in [0.717, 1.165) is 67.5 Å². The summed E-state index contributed by atoms with van der Waals surface area (Å²) in [6, 6.07) is 16.4. The maximum atomic E-state index is 11.4. The van der Waals surface area contributed by atoms with Crippen LogP contribution in [0.3, 0.4) is 0 Å².